The number of rotatable bonds is 4. The molecule has 0 bridgehead atoms. The fraction of sp³-hybridized carbons (Fsp3) is 0.235. The van der Waals surface area contributed by atoms with E-state index < -0.39 is 10.0 Å². The highest BCUT2D eigenvalue weighted by Gasteiger charge is 2.41. The number of sulfonamides is 1. The summed E-state index contributed by atoms with van der Waals surface area (Å²) >= 11 is 1.09. The lowest BCUT2D eigenvalue weighted by Crippen LogP contribution is -2.35. The van der Waals surface area contributed by atoms with Crippen LogP contribution in [-0.2, 0) is 10.0 Å². The maximum absolute atomic E-state index is 13.1. The molecule has 0 saturated carbocycles. The molecule has 0 atom stereocenters. The number of terminal acetylenes is 1. The van der Waals surface area contributed by atoms with Crippen molar-refractivity contribution >= 4 is 37.8 Å². The Morgan fingerprint density at radius 1 is 1.40 bits per heavy atom. The van der Waals surface area contributed by atoms with Gasteiger partial charge in [-0.15, -0.1) is 6.42 Å². The molecule has 2 heterocycles. The van der Waals surface area contributed by atoms with Crippen molar-refractivity contribution in [3.8, 4) is 17.5 Å². The summed E-state index contributed by atoms with van der Waals surface area (Å²) in [5.41, 5.74) is 1.16. The largest absolute Gasteiger partial charge is 0.505 e. The Morgan fingerprint density at radius 3 is 2.76 bits per heavy atom. The van der Waals surface area contributed by atoms with Crippen LogP contribution in [0.25, 0.3) is 10.7 Å². The topological polar surface area (TPSA) is 79.7 Å². The molecule has 0 spiro atoms. The summed E-state index contributed by atoms with van der Waals surface area (Å²) < 4.78 is 32.7. The minimum atomic E-state index is -4.06. The molecule has 8 heteroatoms. The Kier molecular flexibility index (Phi) is 4.45. The molecular weight excluding hydrogens is 360 g/mol. The van der Waals surface area contributed by atoms with E-state index in [1.807, 2.05) is 0 Å². The molecule has 1 aliphatic rings. The minimum Gasteiger partial charge on any atom is -0.505 e. The third-order valence-electron chi connectivity index (χ3n) is 3.70. The zero-order valence-corrected chi connectivity index (χ0v) is 15.3. The van der Waals surface area contributed by atoms with Gasteiger partial charge in [-0.1, -0.05) is 41.5 Å². The standard InChI is InChI=1S/C17H16N2O4S2/c1-4-10-19-16-14(24-17(18-16)23-5-2)13(20)15(25(19,21)22)12-9-7-6-8-11(12)3/h1,6-9,20H,5,10H2,2-3H3. The first-order valence-electron chi connectivity index (χ1n) is 7.51. The van der Waals surface area contributed by atoms with Gasteiger partial charge >= 0.3 is 0 Å². The van der Waals surface area contributed by atoms with E-state index in [9.17, 15) is 13.5 Å². The number of aryl methyl sites for hydroxylation is 1. The number of nitrogens with zero attached hydrogens (tertiary/aromatic N) is 2. The van der Waals surface area contributed by atoms with Crippen molar-refractivity contribution in [1.29, 1.82) is 0 Å². The van der Waals surface area contributed by atoms with Crippen LogP contribution >= 0.6 is 11.3 Å². The quantitative estimate of drug-likeness (QED) is 0.830. The van der Waals surface area contributed by atoms with Gasteiger partial charge in [-0.25, -0.2) is 12.7 Å². The van der Waals surface area contributed by atoms with E-state index in [0.717, 1.165) is 21.2 Å². The number of hydrogen-bond acceptors (Lipinski definition) is 6. The second-order valence-corrected chi connectivity index (χ2v) is 8.03. The molecule has 6 nitrogen and oxygen atoms in total. The monoisotopic (exact) mass is 376 g/mol. The Hall–Kier alpha value is -2.50. The van der Waals surface area contributed by atoms with E-state index in [-0.39, 0.29) is 28.2 Å². The number of ether oxygens (including phenoxy) is 1. The number of benzene rings is 1. The first-order chi connectivity index (χ1) is 11.9. The molecule has 0 amide bonds. The van der Waals surface area contributed by atoms with Gasteiger partial charge in [-0.2, -0.15) is 4.98 Å². The molecule has 25 heavy (non-hydrogen) atoms. The summed E-state index contributed by atoms with van der Waals surface area (Å²) in [5.74, 6) is 2.11. The molecule has 1 N–H and O–H groups in total. The Balaban J connectivity index is 2.32. The molecule has 0 unspecified atom stereocenters. The first kappa shape index (κ1) is 17.3. The van der Waals surface area contributed by atoms with Crippen LogP contribution in [0, 0.1) is 19.3 Å². The maximum Gasteiger partial charge on any atom is 0.275 e. The Bertz CT molecular complexity index is 1000. The van der Waals surface area contributed by atoms with Crippen LogP contribution < -0.4 is 9.04 Å². The summed E-state index contributed by atoms with van der Waals surface area (Å²) in [6, 6.07) is 6.96. The van der Waals surface area contributed by atoms with Crippen LogP contribution in [0.2, 0.25) is 0 Å². The predicted octanol–water partition coefficient (Wildman–Crippen LogP) is 3.02. The van der Waals surface area contributed by atoms with Crippen molar-refractivity contribution in [2.24, 2.45) is 0 Å². The van der Waals surface area contributed by atoms with E-state index in [2.05, 4.69) is 10.9 Å². The van der Waals surface area contributed by atoms with Crippen LogP contribution in [0.4, 0.5) is 5.82 Å². The molecule has 1 aromatic heterocycles. The molecule has 1 aromatic carbocycles. The van der Waals surface area contributed by atoms with Crippen LogP contribution in [0.5, 0.6) is 5.19 Å². The lowest BCUT2D eigenvalue weighted by Gasteiger charge is -2.27. The molecule has 3 rings (SSSR count). The summed E-state index contributed by atoms with van der Waals surface area (Å²) in [6.07, 6.45) is 5.36. The fourth-order valence-corrected chi connectivity index (χ4v) is 5.32. The molecule has 0 saturated heterocycles. The molecule has 1 aliphatic heterocycles. The molecular formula is C17H16N2O4S2. The lowest BCUT2D eigenvalue weighted by atomic mass is 10.1. The summed E-state index contributed by atoms with van der Waals surface area (Å²) in [6.45, 7) is 3.77. The van der Waals surface area contributed by atoms with Crippen molar-refractivity contribution in [3.63, 3.8) is 0 Å². The van der Waals surface area contributed by atoms with E-state index in [0.29, 0.717) is 17.0 Å². The zero-order valence-electron chi connectivity index (χ0n) is 13.7. The third kappa shape index (κ3) is 2.75. The fourth-order valence-electron chi connectivity index (χ4n) is 2.59. The van der Waals surface area contributed by atoms with Crippen molar-refractivity contribution < 1.29 is 18.3 Å². The number of aromatic nitrogens is 1. The van der Waals surface area contributed by atoms with Crippen LogP contribution in [0.15, 0.2) is 24.3 Å². The van der Waals surface area contributed by atoms with Crippen LogP contribution in [0.3, 0.4) is 0 Å². The van der Waals surface area contributed by atoms with Crippen molar-refractivity contribution in [3.05, 3.63) is 40.3 Å². The van der Waals surface area contributed by atoms with Crippen LogP contribution in [-0.4, -0.2) is 31.7 Å². The number of aliphatic hydroxyl groups excluding tert-OH is 1. The average molecular weight is 376 g/mol. The van der Waals surface area contributed by atoms with Gasteiger partial charge in [-0.05, 0) is 19.4 Å². The zero-order chi connectivity index (χ0) is 18.2. The van der Waals surface area contributed by atoms with E-state index in [4.69, 9.17) is 11.2 Å². The highest BCUT2D eigenvalue weighted by Crippen LogP contribution is 2.46. The molecule has 0 fully saturated rings. The number of hydrogen-bond donors (Lipinski definition) is 1. The van der Waals surface area contributed by atoms with Gasteiger partial charge < -0.3 is 9.84 Å². The highest BCUT2D eigenvalue weighted by atomic mass is 32.2. The van der Waals surface area contributed by atoms with Crippen molar-refractivity contribution in [1.82, 2.24) is 4.98 Å². The minimum absolute atomic E-state index is 0.0984. The maximum atomic E-state index is 13.1. The molecule has 2 aromatic rings. The lowest BCUT2D eigenvalue weighted by molar-refractivity contribution is 0.338. The van der Waals surface area contributed by atoms with Crippen molar-refractivity contribution in [2.45, 2.75) is 13.8 Å². The first-order valence-corrected chi connectivity index (χ1v) is 9.76. The smallest absolute Gasteiger partial charge is 0.275 e. The van der Waals surface area contributed by atoms with Crippen LogP contribution in [0.1, 0.15) is 22.9 Å². The van der Waals surface area contributed by atoms with Gasteiger partial charge in [0.15, 0.2) is 11.6 Å². The van der Waals surface area contributed by atoms with Crippen molar-refractivity contribution in [2.75, 3.05) is 17.5 Å². The molecule has 0 aliphatic carbocycles. The van der Waals surface area contributed by atoms with E-state index in [1.54, 1.807) is 38.1 Å². The normalized spacial score (nSPS) is 15.6. The Labute approximate surface area is 150 Å². The average Bonchev–Trinajstić information content (AvgIpc) is 2.97. The summed E-state index contributed by atoms with van der Waals surface area (Å²) in [4.78, 5) is 4.35. The number of anilines is 1. The number of fused-ring (bicyclic) bond motifs is 1. The predicted molar refractivity (Wildman–Crippen MR) is 99.0 cm³/mol. The van der Waals surface area contributed by atoms with Gasteiger partial charge in [0, 0.05) is 5.56 Å². The molecule has 0 radical (unpaired) electrons. The number of thiazole rings is 1. The summed E-state index contributed by atoms with van der Waals surface area (Å²) in [7, 11) is -4.06. The van der Waals surface area contributed by atoms with Gasteiger partial charge in [-0.3, -0.25) is 0 Å². The number of aliphatic hydroxyl groups is 1. The van der Waals surface area contributed by atoms with Gasteiger partial charge in [0.1, 0.15) is 9.78 Å². The second-order valence-electron chi connectivity index (χ2n) is 5.27. The van der Waals surface area contributed by atoms with E-state index >= 15 is 0 Å². The Morgan fingerprint density at radius 2 is 2.12 bits per heavy atom. The third-order valence-corrected chi connectivity index (χ3v) is 6.47. The van der Waals surface area contributed by atoms with E-state index in [1.165, 1.54) is 0 Å². The van der Waals surface area contributed by atoms with Gasteiger partial charge in [0.2, 0.25) is 0 Å². The second kappa shape index (κ2) is 6.43. The van der Waals surface area contributed by atoms with Gasteiger partial charge in [0.05, 0.1) is 13.2 Å². The summed E-state index contributed by atoms with van der Waals surface area (Å²) in [5, 5.41) is 11.0. The highest BCUT2D eigenvalue weighted by molar-refractivity contribution is 8.02. The SMILES string of the molecule is C#CCN1c2nc(OCC)sc2C(O)=C(c2ccccc2C)S1(=O)=O. The van der Waals surface area contributed by atoms with Gasteiger partial charge in [0.25, 0.3) is 15.2 Å². The molecule has 130 valence electrons.